The molecule has 0 fully saturated rings. The number of aromatic nitrogens is 1. The quantitative estimate of drug-likeness (QED) is 0.620. The van der Waals surface area contributed by atoms with E-state index in [1.807, 2.05) is 0 Å². The minimum absolute atomic E-state index is 0.123. The number of phenolic OH excluding ortho intramolecular Hbond substituents is 1. The van der Waals surface area contributed by atoms with Gasteiger partial charge in [0.25, 0.3) is 0 Å². The summed E-state index contributed by atoms with van der Waals surface area (Å²) in [6.07, 6.45) is 1.34. The number of nitrogens with one attached hydrogen (secondary N) is 1. The lowest BCUT2D eigenvalue weighted by atomic mass is 10.1. The number of aryl methyl sites for hydroxylation is 1. The van der Waals surface area contributed by atoms with Gasteiger partial charge in [-0.25, -0.2) is 4.98 Å². The molecule has 8 heteroatoms. The first kappa shape index (κ1) is 18.0. The number of benzene rings is 1. The zero-order chi connectivity index (χ0) is 17.7. The van der Waals surface area contributed by atoms with Gasteiger partial charge in [0.05, 0.1) is 17.8 Å². The topological polar surface area (TPSA) is 90.5 Å². The Morgan fingerprint density at radius 1 is 1.42 bits per heavy atom. The van der Waals surface area contributed by atoms with Crippen LogP contribution in [0.25, 0.3) is 0 Å². The van der Waals surface area contributed by atoms with Crippen LogP contribution in [0.3, 0.4) is 0 Å². The Hall–Kier alpha value is -2.33. The van der Waals surface area contributed by atoms with E-state index < -0.39 is 0 Å². The molecule has 0 spiro atoms. The Morgan fingerprint density at radius 2 is 2.17 bits per heavy atom. The molecular weight excluding hydrogens is 351 g/mol. The zero-order valence-electron chi connectivity index (χ0n) is 13.0. The lowest BCUT2D eigenvalue weighted by Crippen LogP contribution is -2.03. The maximum absolute atomic E-state index is 9.88. The first-order valence-electron chi connectivity index (χ1n) is 6.83. The summed E-state index contributed by atoms with van der Waals surface area (Å²) in [5, 5.41) is 23.7. The van der Waals surface area contributed by atoms with Crippen molar-refractivity contribution >= 4 is 35.2 Å². The molecule has 0 unspecified atom stereocenters. The first-order chi connectivity index (χ1) is 11.5. The van der Waals surface area contributed by atoms with Crippen LogP contribution in [0.4, 0.5) is 5.82 Å². The summed E-state index contributed by atoms with van der Waals surface area (Å²) in [6.45, 7) is 2.09. The number of nitrogens with zero attached hydrogens (tertiary/aromatic N) is 3. The normalized spacial score (nSPS) is 10.8. The number of halogens is 2. The first-order valence-corrected chi connectivity index (χ1v) is 7.58. The number of ether oxygens (including phenoxy) is 1. The maximum atomic E-state index is 9.88. The SMILES string of the molecule is COCc1cc(C)nc(NN=Cc2cc(Cl)cc(Cl)c2O)c1C#N. The second-order valence-electron chi connectivity index (χ2n) is 4.89. The van der Waals surface area contributed by atoms with E-state index in [1.165, 1.54) is 18.3 Å². The Morgan fingerprint density at radius 3 is 2.83 bits per heavy atom. The van der Waals surface area contributed by atoms with Gasteiger partial charge in [-0.15, -0.1) is 0 Å². The molecule has 1 aromatic carbocycles. The summed E-state index contributed by atoms with van der Waals surface area (Å²) >= 11 is 11.7. The number of hydrazone groups is 1. The van der Waals surface area contributed by atoms with E-state index in [4.69, 9.17) is 27.9 Å². The van der Waals surface area contributed by atoms with Gasteiger partial charge < -0.3 is 9.84 Å². The largest absolute Gasteiger partial charge is 0.506 e. The third-order valence-electron chi connectivity index (χ3n) is 3.07. The van der Waals surface area contributed by atoms with Gasteiger partial charge in [0.15, 0.2) is 5.82 Å². The number of methoxy groups -OCH3 is 1. The van der Waals surface area contributed by atoms with Gasteiger partial charge in [-0.05, 0) is 25.1 Å². The molecule has 0 bridgehead atoms. The Kier molecular flexibility index (Phi) is 5.99. The van der Waals surface area contributed by atoms with Gasteiger partial charge in [-0.1, -0.05) is 23.2 Å². The number of aromatic hydroxyl groups is 1. The van der Waals surface area contributed by atoms with E-state index >= 15 is 0 Å². The Balaban J connectivity index is 2.31. The van der Waals surface area contributed by atoms with Gasteiger partial charge in [0.2, 0.25) is 0 Å². The average molecular weight is 365 g/mol. The molecule has 0 amide bonds. The molecule has 0 radical (unpaired) electrons. The molecule has 0 saturated heterocycles. The van der Waals surface area contributed by atoms with Gasteiger partial charge in [-0.3, -0.25) is 5.43 Å². The number of rotatable bonds is 5. The molecule has 6 nitrogen and oxygen atoms in total. The number of phenols is 1. The van der Waals surface area contributed by atoms with Crippen molar-refractivity contribution in [3.8, 4) is 11.8 Å². The van der Waals surface area contributed by atoms with Crippen LogP contribution < -0.4 is 5.43 Å². The summed E-state index contributed by atoms with van der Waals surface area (Å²) in [5.41, 5.74) is 4.80. The van der Waals surface area contributed by atoms with Crippen LogP contribution in [-0.4, -0.2) is 23.4 Å². The molecule has 2 N–H and O–H groups in total. The molecule has 2 rings (SSSR count). The van der Waals surface area contributed by atoms with Crippen LogP contribution in [0.2, 0.25) is 10.0 Å². The molecule has 1 aromatic heterocycles. The van der Waals surface area contributed by atoms with Gasteiger partial charge in [0.1, 0.15) is 17.4 Å². The van der Waals surface area contributed by atoms with Gasteiger partial charge >= 0.3 is 0 Å². The summed E-state index contributed by atoms with van der Waals surface area (Å²) < 4.78 is 5.09. The Bertz CT molecular complexity index is 832. The standard InChI is InChI=1S/C16H14Cl2N4O2/c1-9-3-11(8-24-2)13(6-19)16(21-9)22-20-7-10-4-12(17)5-14(18)15(10)23/h3-5,7,23H,8H2,1-2H3,(H,21,22). The summed E-state index contributed by atoms with van der Waals surface area (Å²) in [4.78, 5) is 4.26. The highest BCUT2D eigenvalue weighted by atomic mass is 35.5. The number of hydrogen-bond donors (Lipinski definition) is 2. The van der Waals surface area contributed by atoms with Crippen molar-refractivity contribution in [1.82, 2.24) is 4.98 Å². The molecule has 24 heavy (non-hydrogen) atoms. The molecule has 0 aliphatic rings. The van der Waals surface area contributed by atoms with Crippen LogP contribution in [0.5, 0.6) is 5.75 Å². The summed E-state index contributed by atoms with van der Waals surface area (Å²) in [7, 11) is 1.55. The van der Waals surface area contributed by atoms with Crippen LogP contribution in [0, 0.1) is 18.3 Å². The second-order valence-corrected chi connectivity index (χ2v) is 5.73. The average Bonchev–Trinajstić information content (AvgIpc) is 2.52. The van der Waals surface area contributed by atoms with E-state index in [2.05, 4.69) is 21.6 Å². The maximum Gasteiger partial charge on any atom is 0.164 e. The highest BCUT2D eigenvalue weighted by Crippen LogP contribution is 2.30. The monoisotopic (exact) mass is 364 g/mol. The van der Waals surface area contributed by atoms with Crippen LogP contribution in [-0.2, 0) is 11.3 Å². The third kappa shape index (κ3) is 4.15. The molecule has 0 atom stereocenters. The van der Waals surface area contributed by atoms with E-state index in [-0.39, 0.29) is 17.4 Å². The second kappa shape index (κ2) is 7.97. The minimum atomic E-state index is -0.135. The lowest BCUT2D eigenvalue weighted by molar-refractivity contribution is 0.184. The van der Waals surface area contributed by atoms with Crippen LogP contribution in [0.15, 0.2) is 23.3 Å². The Labute approximate surface area is 149 Å². The highest BCUT2D eigenvalue weighted by Gasteiger charge is 2.11. The predicted molar refractivity (Wildman–Crippen MR) is 93.7 cm³/mol. The predicted octanol–water partition coefficient (Wildman–Crippen LogP) is 3.87. The number of pyridine rings is 1. The van der Waals surface area contributed by atoms with Crippen molar-refractivity contribution < 1.29 is 9.84 Å². The fourth-order valence-corrected chi connectivity index (χ4v) is 2.57. The summed E-state index contributed by atoms with van der Waals surface area (Å²) in [6, 6.07) is 6.80. The molecule has 124 valence electrons. The fourth-order valence-electron chi connectivity index (χ4n) is 2.06. The van der Waals surface area contributed by atoms with Crippen LogP contribution >= 0.6 is 23.2 Å². The lowest BCUT2D eigenvalue weighted by Gasteiger charge is -2.09. The highest BCUT2D eigenvalue weighted by molar-refractivity contribution is 6.36. The fraction of sp³-hybridized carbons (Fsp3) is 0.188. The van der Waals surface area contributed by atoms with Crippen molar-refractivity contribution in [2.75, 3.05) is 12.5 Å². The number of hydrogen-bond acceptors (Lipinski definition) is 6. The molecule has 0 saturated carbocycles. The smallest absolute Gasteiger partial charge is 0.164 e. The van der Waals surface area contributed by atoms with Crippen LogP contribution in [0.1, 0.15) is 22.4 Å². The minimum Gasteiger partial charge on any atom is -0.506 e. The molecule has 0 aliphatic carbocycles. The molecule has 1 heterocycles. The van der Waals surface area contributed by atoms with E-state index in [0.717, 1.165) is 0 Å². The van der Waals surface area contributed by atoms with E-state index in [9.17, 15) is 10.4 Å². The molecule has 2 aromatic rings. The molecular formula is C16H14Cl2N4O2. The summed E-state index contributed by atoms with van der Waals surface area (Å²) in [5.74, 6) is 0.165. The van der Waals surface area contributed by atoms with Crippen molar-refractivity contribution in [2.45, 2.75) is 13.5 Å². The number of anilines is 1. The van der Waals surface area contributed by atoms with Gasteiger partial charge in [0, 0.05) is 29.0 Å². The number of nitriles is 1. The van der Waals surface area contributed by atoms with Crippen molar-refractivity contribution in [1.29, 1.82) is 5.26 Å². The van der Waals surface area contributed by atoms with E-state index in [0.29, 0.717) is 33.2 Å². The van der Waals surface area contributed by atoms with E-state index in [1.54, 1.807) is 20.1 Å². The van der Waals surface area contributed by atoms with Crippen molar-refractivity contribution in [2.24, 2.45) is 5.10 Å². The molecule has 0 aliphatic heterocycles. The van der Waals surface area contributed by atoms with Crippen molar-refractivity contribution in [3.05, 3.63) is 50.6 Å². The zero-order valence-corrected chi connectivity index (χ0v) is 14.5. The third-order valence-corrected chi connectivity index (χ3v) is 3.58. The van der Waals surface area contributed by atoms with Gasteiger partial charge in [-0.2, -0.15) is 10.4 Å². The van der Waals surface area contributed by atoms with Crippen molar-refractivity contribution in [3.63, 3.8) is 0 Å².